The summed E-state index contributed by atoms with van der Waals surface area (Å²) in [5.41, 5.74) is 10.6. The Bertz CT molecular complexity index is 102. The zero-order valence-corrected chi connectivity index (χ0v) is 8.13. The van der Waals surface area contributed by atoms with E-state index in [0.717, 1.165) is 25.9 Å². The van der Waals surface area contributed by atoms with Crippen molar-refractivity contribution in [3.05, 3.63) is 0 Å². The summed E-state index contributed by atoms with van der Waals surface area (Å²) in [4.78, 5) is 0. The van der Waals surface area contributed by atoms with Crippen LogP contribution in [0.3, 0.4) is 0 Å². The molecule has 80 valence electrons. The fourth-order valence-electron chi connectivity index (χ4n) is 0.909. The molecular formula is C8H22N4O. The van der Waals surface area contributed by atoms with Gasteiger partial charge in [0.05, 0.1) is 0 Å². The molecule has 1 unspecified atom stereocenters. The van der Waals surface area contributed by atoms with Crippen molar-refractivity contribution < 1.29 is 5.11 Å². The minimum Gasteiger partial charge on any atom is -0.377 e. The van der Waals surface area contributed by atoms with Crippen molar-refractivity contribution in [2.75, 3.05) is 32.7 Å². The predicted molar refractivity (Wildman–Crippen MR) is 54.2 cm³/mol. The van der Waals surface area contributed by atoms with Gasteiger partial charge in [0.2, 0.25) is 0 Å². The van der Waals surface area contributed by atoms with Gasteiger partial charge in [0, 0.05) is 6.54 Å². The molecule has 0 rings (SSSR count). The SMILES string of the molecule is NCCCNCC(O)NCCCN. The van der Waals surface area contributed by atoms with Crippen LogP contribution in [0.2, 0.25) is 0 Å². The molecule has 0 saturated carbocycles. The smallest absolute Gasteiger partial charge is 0.117 e. The minimum absolute atomic E-state index is 0.482. The summed E-state index contributed by atoms with van der Waals surface area (Å²) in [6, 6.07) is 0. The molecular weight excluding hydrogens is 168 g/mol. The van der Waals surface area contributed by atoms with Crippen LogP contribution in [-0.4, -0.2) is 44.1 Å². The normalized spacial score (nSPS) is 13.2. The lowest BCUT2D eigenvalue weighted by molar-refractivity contribution is 0.135. The number of hydrogen-bond acceptors (Lipinski definition) is 5. The first-order valence-corrected chi connectivity index (χ1v) is 4.83. The van der Waals surface area contributed by atoms with Gasteiger partial charge in [-0.2, -0.15) is 0 Å². The molecule has 1 atom stereocenters. The van der Waals surface area contributed by atoms with Crippen LogP contribution in [0.25, 0.3) is 0 Å². The maximum Gasteiger partial charge on any atom is 0.117 e. The molecule has 0 spiro atoms. The molecule has 5 heteroatoms. The number of aliphatic hydroxyl groups is 1. The van der Waals surface area contributed by atoms with Crippen molar-refractivity contribution in [1.82, 2.24) is 10.6 Å². The fourth-order valence-corrected chi connectivity index (χ4v) is 0.909. The molecule has 0 amide bonds. The van der Waals surface area contributed by atoms with Crippen molar-refractivity contribution in [2.24, 2.45) is 11.5 Å². The number of hydrogen-bond donors (Lipinski definition) is 5. The highest BCUT2D eigenvalue weighted by atomic mass is 16.3. The van der Waals surface area contributed by atoms with Crippen LogP contribution < -0.4 is 22.1 Å². The Morgan fingerprint density at radius 2 is 1.69 bits per heavy atom. The van der Waals surface area contributed by atoms with E-state index in [1.54, 1.807) is 0 Å². The molecule has 7 N–H and O–H groups in total. The molecule has 0 aliphatic rings. The van der Waals surface area contributed by atoms with Gasteiger partial charge in [0.1, 0.15) is 6.23 Å². The zero-order chi connectivity index (χ0) is 9.94. The quantitative estimate of drug-likeness (QED) is 0.218. The molecule has 13 heavy (non-hydrogen) atoms. The molecule has 0 fully saturated rings. The monoisotopic (exact) mass is 190 g/mol. The van der Waals surface area contributed by atoms with Crippen LogP contribution in [0.4, 0.5) is 0 Å². The molecule has 0 bridgehead atoms. The van der Waals surface area contributed by atoms with Crippen molar-refractivity contribution >= 4 is 0 Å². The fraction of sp³-hybridized carbons (Fsp3) is 1.00. The second-order valence-electron chi connectivity index (χ2n) is 2.96. The minimum atomic E-state index is -0.482. The van der Waals surface area contributed by atoms with Crippen LogP contribution in [-0.2, 0) is 0 Å². The Balaban J connectivity index is 3.05. The maximum atomic E-state index is 9.33. The molecule has 0 radical (unpaired) electrons. The summed E-state index contributed by atoms with van der Waals surface area (Å²) >= 11 is 0. The Hall–Kier alpha value is -0.200. The summed E-state index contributed by atoms with van der Waals surface area (Å²) in [5, 5.41) is 15.4. The molecule has 0 heterocycles. The zero-order valence-electron chi connectivity index (χ0n) is 8.13. The third-order valence-electron chi connectivity index (χ3n) is 1.66. The van der Waals surface area contributed by atoms with E-state index < -0.39 is 6.23 Å². The lowest BCUT2D eigenvalue weighted by Gasteiger charge is -2.12. The van der Waals surface area contributed by atoms with E-state index in [4.69, 9.17) is 11.5 Å². The number of rotatable bonds is 9. The molecule has 0 aromatic carbocycles. The van der Waals surface area contributed by atoms with Crippen LogP contribution in [0.15, 0.2) is 0 Å². The molecule has 0 aliphatic carbocycles. The predicted octanol–water partition coefficient (Wildman–Crippen LogP) is -1.82. The highest BCUT2D eigenvalue weighted by Gasteiger charge is 1.99. The largest absolute Gasteiger partial charge is 0.377 e. The summed E-state index contributed by atoms with van der Waals surface area (Å²) in [5.74, 6) is 0. The van der Waals surface area contributed by atoms with Gasteiger partial charge >= 0.3 is 0 Å². The van der Waals surface area contributed by atoms with Gasteiger partial charge in [-0.1, -0.05) is 0 Å². The first kappa shape index (κ1) is 12.8. The lowest BCUT2D eigenvalue weighted by Crippen LogP contribution is -2.39. The Morgan fingerprint density at radius 1 is 1.08 bits per heavy atom. The molecule has 0 aromatic rings. The maximum absolute atomic E-state index is 9.33. The Kier molecular flexibility index (Phi) is 9.73. The van der Waals surface area contributed by atoms with Crippen molar-refractivity contribution in [1.29, 1.82) is 0 Å². The van der Waals surface area contributed by atoms with Gasteiger partial charge in [-0.25, -0.2) is 0 Å². The highest BCUT2D eigenvalue weighted by Crippen LogP contribution is 1.77. The van der Waals surface area contributed by atoms with E-state index in [-0.39, 0.29) is 0 Å². The first-order valence-electron chi connectivity index (χ1n) is 4.83. The number of nitrogens with one attached hydrogen (secondary N) is 2. The Morgan fingerprint density at radius 3 is 2.31 bits per heavy atom. The summed E-state index contributed by atoms with van der Waals surface area (Å²) < 4.78 is 0. The summed E-state index contributed by atoms with van der Waals surface area (Å²) in [6.45, 7) is 3.51. The van der Waals surface area contributed by atoms with E-state index in [2.05, 4.69) is 10.6 Å². The topological polar surface area (TPSA) is 96.3 Å². The second-order valence-corrected chi connectivity index (χ2v) is 2.96. The molecule has 5 nitrogen and oxygen atoms in total. The lowest BCUT2D eigenvalue weighted by atomic mass is 10.4. The summed E-state index contributed by atoms with van der Waals surface area (Å²) in [7, 11) is 0. The Labute approximate surface area is 79.9 Å². The van der Waals surface area contributed by atoms with E-state index in [0.29, 0.717) is 19.6 Å². The van der Waals surface area contributed by atoms with Crippen LogP contribution >= 0.6 is 0 Å². The average Bonchev–Trinajstić information content (AvgIpc) is 2.13. The van der Waals surface area contributed by atoms with Crippen LogP contribution in [0.1, 0.15) is 12.8 Å². The number of aliphatic hydroxyl groups excluding tert-OH is 1. The summed E-state index contributed by atoms with van der Waals surface area (Å²) in [6.07, 6.45) is 1.35. The third kappa shape index (κ3) is 9.72. The second kappa shape index (κ2) is 9.88. The van der Waals surface area contributed by atoms with Gasteiger partial charge in [-0.15, -0.1) is 0 Å². The highest BCUT2D eigenvalue weighted by molar-refractivity contribution is 4.58. The van der Waals surface area contributed by atoms with Crippen molar-refractivity contribution in [2.45, 2.75) is 19.1 Å². The van der Waals surface area contributed by atoms with Gasteiger partial charge in [-0.05, 0) is 39.0 Å². The van der Waals surface area contributed by atoms with Crippen molar-refractivity contribution in [3.8, 4) is 0 Å². The average molecular weight is 190 g/mol. The van der Waals surface area contributed by atoms with E-state index in [1.807, 2.05) is 0 Å². The van der Waals surface area contributed by atoms with E-state index in [9.17, 15) is 5.11 Å². The molecule has 0 aliphatic heterocycles. The standard InChI is InChI=1S/C8H22N4O/c9-3-1-5-11-7-8(13)12-6-2-4-10/h8,11-13H,1-7,9-10H2. The van der Waals surface area contributed by atoms with E-state index >= 15 is 0 Å². The van der Waals surface area contributed by atoms with Gasteiger partial charge in [-0.3, -0.25) is 5.32 Å². The van der Waals surface area contributed by atoms with Gasteiger partial charge < -0.3 is 21.9 Å². The van der Waals surface area contributed by atoms with Gasteiger partial charge in [0.15, 0.2) is 0 Å². The molecule has 0 saturated heterocycles. The van der Waals surface area contributed by atoms with E-state index in [1.165, 1.54) is 0 Å². The first-order chi connectivity index (χ1) is 6.31. The van der Waals surface area contributed by atoms with Gasteiger partial charge in [0.25, 0.3) is 0 Å². The number of nitrogens with two attached hydrogens (primary N) is 2. The third-order valence-corrected chi connectivity index (χ3v) is 1.66. The van der Waals surface area contributed by atoms with Crippen LogP contribution in [0.5, 0.6) is 0 Å². The molecule has 0 aromatic heterocycles. The van der Waals surface area contributed by atoms with Crippen LogP contribution in [0, 0.1) is 0 Å². The van der Waals surface area contributed by atoms with Crippen molar-refractivity contribution in [3.63, 3.8) is 0 Å².